The summed E-state index contributed by atoms with van der Waals surface area (Å²) in [6.07, 6.45) is 2.75. The maximum Gasteiger partial charge on any atom is 0.233 e. The minimum Gasteiger partial charge on any atom is -0.377 e. The van der Waals surface area contributed by atoms with Crippen LogP contribution >= 0.6 is 23.4 Å². The summed E-state index contributed by atoms with van der Waals surface area (Å²) in [5.41, 5.74) is 0. The number of thioether (sulfide) groups is 1. The molecule has 3 rings (SSSR count). The zero-order valence-electron chi connectivity index (χ0n) is 13.2. The normalized spacial score (nSPS) is 22.5. The number of hydrogen-bond donors (Lipinski definition) is 0. The highest BCUT2D eigenvalue weighted by Gasteiger charge is 2.24. The van der Waals surface area contributed by atoms with E-state index in [4.69, 9.17) is 16.3 Å². The second-order valence-electron chi connectivity index (χ2n) is 6.04. The summed E-state index contributed by atoms with van der Waals surface area (Å²) < 4.78 is 5.69. The highest BCUT2D eigenvalue weighted by molar-refractivity contribution is 8.00. The summed E-state index contributed by atoms with van der Waals surface area (Å²) in [5.74, 6) is 0.654. The molecule has 1 amide bonds. The standard InChI is InChI=1S/C17H23ClN2O2S/c18-15-5-1-2-6-16(15)23-13-17(21)20-9-7-19(8-10-20)12-14-4-3-11-22-14/h1-2,5-6,14H,3-4,7-13H2/t14-/m1/s1. The molecule has 4 nitrogen and oxygen atoms in total. The van der Waals surface area contributed by atoms with E-state index in [2.05, 4.69) is 4.90 Å². The Bertz CT molecular complexity index is 529. The van der Waals surface area contributed by atoms with Gasteiger partial charge in [-0.15, -0.1) is 11.8 Å². The first-order chi connectivity index (χ1) is 11.2. The van der Waals surface area contributed by atoms with E-state index in [1.54, 1.807) is 0 Å². The van der Waals surface area contributed by atoms with Crippen molar-refractivity contribution in [2.24, 2.45) is 0 Å². The summed E-state index contributed by atoms with van der Waals surface area (Å²) in [5, 5.41) is 0.715. The average Bonchev–Trinajstić information content (AvgIpc) is 3.07. The molecular weight excluding hydrogens is 332 g/mol. The maximum absolute atomic E-state index is 12.4. The smallest absolute Gasteiger partial charge is 0.233 e. The number of piperazine rings is 1. The molecule has 0 aliphatic carbocycles. The van der Waals surface area contributed by atoms with Crippen molar-refractivity contribution in [1.29, 1.82) is 0 Å². The summed E-state index contributed by atoms with van der Waals surface area (Å²) in [7, 11) is 0. The van der Waals surface area contributed by atoms with Gasteiger partial charge < -0.3 is 9.64 Å². The van der Waals surface area contributed by atoms with Crippen LogP contribution in [0.25, 0.3) is 0 Å². The van der Waals surface area contributed by atoms with Gasteiger partial charge in [-0.3, -0.25) is 9.69 Å². The first-order valence-corrected chi connectivity index (χ1v) is 9.58. The Hall–Kier alpha value is -0.750. The number of rotatable bonds is 5. The lowest BCUT2D eigenvalue weighted by molar-refractivity contribution is -0.130. The predicted octanol–water partition coefficient (Wildman–Crippen LogP) is 2.76. The van der Waals surface area contributed by atoms with Crippen molar-refractivity contribution in [2.75, 3.05) is 45.1 Å². The molecule has 2 aliphatic rings. The van der Waals surface area contributed by atoms with Crippen molar-refractivity contribution in [2.45, 2.75) is 23.8 Å². The van der Waals surface area contributed by atoms with Gasteiger partial charge in [0.15, 0.2) is 0 Å². The first kappa shape index (κ1) is 17.1. The molecular formula is C17H23ClN2O2S. The SMILES string of the molecule is O=C(CSc1ccccc1Cl)N1CCN(C[C@H]2CCCO2)CC1. The van der Waals surface area contributed by atoms with E-state index in [1.807, 2.05) is 29.2 Å². The quantitative estimate of drug-likeness (QED) is 0.761. The molecule has 0 aromatic heterocycles. The molecule has 0 unspecified atom stereocenters. The van der Waals surface area contributed by atoms with Gasteiger partial charge >= 0.3 is 0 Å². The van der Waals surface area contributed by atoms with E-state index in [0.29, 0.717) is 16.9 Å². The summed E-state index contributed by atoms with van der Waals surface area (Å²) in [4.78, 5) is 17.7. The Morgan fingerprint density at radius 3 is 2.74 bits per heavy atom. The van der Waals surface area contributed by atoms with Gasteiger partial charge in [0.2, 0.25) is 5.91 Å². The lowest BCUT2D eigenvalue weighted by Gasteiger charge is -2.35. The maximum atomic E-state index is 12.4. The average molecular weight is 355 g/mol. The molecule has 126 valence electrons. The van der Waals surface area contributed by atoms with E-state index in [0.717, 1.165) is 44.2 Å². The van der Waals surface area contributed by atoms with Gasteiger partial charge in [-0.1, -0.05) is 23.7 Å². The number of amides is 1. The van der Waals surface area contributed by atoms with Crippen LogP contribution in [0.4, 0.5) is 0 Å². The molecule has 0 bridgehead atoms. The number of benzene rings is 1. The van der Waals surface area contributed by atoms with Gasteiger partial charge in [0.1, 0.15) is 0 Å². The van der Waals surface area contributed by atoms with Gasteiger partial charge in [0, 0.05) is 44.2 Å². The number of carbonyl (C=O) groups is 1. The van der Waals surface area contributed by atoms with Crippen molar-refractivity contribution in [3.8, 4) is 0 Å². The molecule has 2 heterocycles. The Morgan fingerprint density at radius 2 is 2.04 bits per heavy atom. The fourth-order valence-electron chi connectivity index (χ4n) is 3.05. The lowest BCUT2D eigenvalue weighted by atomic mass is 10.2. The predicted molar refractivity (Wildman–Crippen MR) is 94.2 cm³/mol. The molecule has 0 saturated carbocycles. The van der Waals surface area contributed by atoms with E-state index >= 15 is 0 Å². The van der Waals surface area contributed by atoms with Crippen molar-refractivity contribution < 1.29 is 9.53 Å². The molecule has 0 radical (unpaired) electrons. The molecule has 0 spiro atoms. The van der Waals surface area contributed by atoms with Gasteiger partial charge in [-0.05, 0) is 25.0 Å². The second kappa shape index (κ2) is 8.38. The molecule has 23 heavy (non-hydrogen) atoms. The van der Waals surface area contributed by atoms with Crippen LogP contribution < -0.4 is 0 Å². The molecule has 6 heteroatoms. The van der Waals surface area contributed by atoms with Gasteiger partial charge in [-0.2, -0.15) is 0 Å². The van der Waals surface area contributed by atoms with Gasteiger partial charge in [0.25, 0.3) is 0 Å². The van der Waals surface area contributed by atoms with Crippen LogP contribution in [0.5, 0.6) is 0 Å². The number of nitrogens with zero attached hydrogens (tertiary/aromatic N) is 2. The number of ether oxygens (including phenoxy) is 1. The van der Waals surface area contributed by atoms with E-state index in [1.165, 1.54) is 24.6 Å². The Balaban J connectivity index is 1.40. The van der Waals surface area contributed by atoms with Crippen molar-refractivity contribution in [1.82, 2.24) is 9.80 Å². The molecule has 1 aromatic rings. The first-order valence-electron chi connectivity index (χ1n) is 8.21. The van der Waals surface area contributed by atoms with Crippen LogP contribution in [-0.2, 0) is 9.53 Å². The van der Waals surface area contributed by atoms with Crippen molar-refractivity contribution in [3.63, 3.8) is 0 Å². The van der Waals surface area contributed by atoms with Gasteiger partial charge in [-0.25, -0.2) is 0 Å². The zero-order chi connectivity index (χ0) is 16.1. The van der Waals surface area contributed by atoms with E-state index < -0.39 is 0 Å². The van der Waals surface area contributed by atoms with Crippen LogP contribution in [-0.4, -0.2) is 66.9 Å². The molecule has 0 N–H and O–H groups in total. The summed E-state index contributed by atoms with van der Waals surface area (Å²) in [6, 6.07) is 7.67. The van der Waals surface area contributed by atoms with Crippen molar-refractivity contribution in [3.05, 3.63) is 29.3 Å². The second-order valence-corrected chi connectivity index (χ2v) is 7.46. The molecule has 2 saturated heterocycles. The third kappa shape index (κ3) is 4.86. The lowest BCUT2D eigenvalue weighted by Crippen LogP contribution is -2.50. The molecule has 1 aromatic carbocycles. The van der Waals surface area contributed by atoms with Crippen LogP contribution in [0.15, 0.2) is 29.2 Å². The third-order valence-electron chi connectivity index (χ3n) is 4.40. The Kier molecular flexibility index (Phi) is 6.22. The number of hydrogen-bond acceptors (Lipinski definition) is 4. The van der Waals surface area contributed by atoms with Gasteiger partial charge in [0.05, 0.1) is 16.9 Å². The Morgan fingerprint density at radius 1 is 1.26 bits per heavy atom. The molecule has 2 fully saturated rings. The summed E-state index contributed by atoms with van der Waals surface area (Å²) in [6.45, 7) is 5.44. The Labute approximate surface area is 147 Å². The summed E-state index contributed by atoms with van der Waals surface area (Å²) >= 11 is 7.65. The van der Waals surface area contributed by atoms with Crippen LogP contribution in [0.1, 0.15) is 12.8 Å². The monoisotopic (exact) mass is 354 g/mol. The third-order valence-corrected chi connectivity index (χ3v) is 5.90. The fourth-order valence-corrected chi connectivity index (χ4v) is 4.19. The fraction of sp³-hybridized carbons (Fsp3) is 0.588. The molecule has 2 aliphatic heterocycles. The highest BCUT2D eigenvalue weighted by Crippen LogP contribution is 2.26. The van der Waals surface area contributed by atoms with E-state index in [-0.39, 0.29) is 5.91 Å². The van der Waals surface area contributed by atoms with Crippen LogP contribution in [0.2, 0.25) is 5.02 Å². The minimum atomic E-state index is 0.201. The largest absolute Gasteiger partial charge is 0.377 e. The number of carbonyl (C=O) groups excluding carboxylic acids is 1. The van der Waals surface area contributed by atoms with E-state index in [9.17, 15) is 4.79 Å². The van der Waals surface area contributed by atoms with Crippen LogP contribution in [0, 0.1) is 0 Å². The molecule has 1 atom stereocenters. The topological polar surface area (TPSA) is 32.8 Å². The minimum absolute atomic E-state index is 0.201. The number of halogens is 1. The van der Waals surface area contributed by atoms with Crippen molar-refractivity contribution >= 4 is 29.3 Å². The van der Waals surface area contributed by atoms with Crippen LogP contribution in [0.3, 0.4) is 0 Å². The highest BCUT2D eigenvalue weighted by atomic mass is 35.5. The zero-order valence-corrected chi connectivity index (χ0v) is 14.8.